The number of carbonyl (C=O) groups is 3. The molecule has 0 rings (SSSR count). The summed E-state index contributed by atoms with van der Waals surface area (Å²) in [7, 11) is 0. The lowest BCUT2D eigenvalue weighted by molar-refractivity contribution is -0.166. The number of ether oxygens (including phenoxy) is 3. The fourth-order valence-electron chi connectivity index (χ4n) is 8.95. The van der Waals surface area contributed by atoms with Gasteiger partial charge in [0.2, 0.25) is 0 Å². The van der Waals surface area contributed by atoms with Crippen molar-refractivity contribution in [3.05, 3.63) is 72.9 Å². The third kappa shape index (κ3) is 59.6. The van der Waals surface area contributed by atoms with Crippen molar-refractivity contribution >= 4 is 17.9 Å². The highest BCUT2D eigenvalue weighted by atomic mass is 16.6. The maximum atomic E-state index is 12.9. The summed E-state index contributed by atoms with van der Waals surface area (Å²) in [5, 5.41) is 0. The summed E-state index contributed by atoms with van der Waals surface area (Å²) in [6, 6.07) is 0. The summed E-state index contributed by atoms with van der Waals surface area (Å²) in [6.45, 7) is 6.58. The number of hydrogen-bond acceptors (Lipinski definition) is 6. The fraction of sp³-hybridized carbons (Fsp3) is 0.776. The first-order valence-electron chi connectivity index (χ1n) is 31.4. The fourth-order valence-corrected chi connectivity index (χ4v) is 8.95. The summed E-state index contributed by atoms with van der Waals surface area (Å²) in [6.07, 6.45) is 79.1. The van der Waals surface area contributed by atoms with E-state index in [0.29, 0.717) is 19.3 Å². The second-order valence-electron chi connectivity index (χ2n) is 21.0. The molecule has 1 atom stereocenters. The zero-order valence-corrected chi connectivity index (χ0v) is 48.4. The van der Waals surface area contributed by atoms with Crippen LogP contribution in [0.3, 0.4) is 0 Å². The van der Waals surface area contributed by atoms with Crippen LogP contribution < -0.4 is 0 Å². The van der Waals surface area contributed by atoms with Crippen LogP contribution in [-0.4, -0.2) is 37.2 Å². The van der Waals surface area contributed by atoms with Crippen LogP contribution >= 0.6 is 0 Å². The molecule has 0 aliphatic carbocycles. The predicted molar refractivity (Wildman–Crippen MR) is 316 cm³/mol. The summed E-state index contributed by atoms with van der Waals surface area (Å²) >= 11 is 0. The SMILES string of the molecule is CCCCC/C=C\C/C=C\C/C=C\C/C=C\C/C=C\CCC(=O)OC[C@H](COC(=O)CCCCCCCCC/C=C\CCCCCCCC)OC(=O)CCCCCCCCCCCCCCCCCCCCC. The molecule has 6 heteroatoms. The van der Waals surface area contributed by atoms with Gasteiger partial charge in [-0.3, -0.25) is 14.4 Å². The van der Waals surface area contributed by atoms with Gasteiger partial charge in [-0.2, -0.15) is 0 Å². The Morgan fingerprint density at radius 1 is 0.274 bits per heavy atom. The van der Waals surface area contributed by atoms with Crippen LogP contribution in [-0.2, 0) is 28.6 Å². The van der Waals surface area contributed by atoms with Crippen molar-refractivity contribution in [1.29, 1.82) is 0 Å². The third-order valence-corrected chi connectivity index (χ3v) is 13.7. The molecule has 0 amide bonds. The Morgan fingerprint density at radius 3 is 0.890 bits per heavy atom. The lowest BCUT2D eigenvalue weighted by Crippen LogP contribution is -2.30. The highest BCUT2D eigenvalue weighted by Crippen LogP contribution is 2.17. The van der Waals surface area contributed by atoms with Gasteiger partial charge < -0.3 is 14.2 Å². The second kappa shape index (κ2) is 61.4. The van der Waals surface area contributed by atoms with Crippen molar-refractivity contribution in [2.75, 3.05) is 13.2 Å². The quantitative estimate of drug-likeness (QED) is 0.0261. The van der Waals surface area contributed by atoms with E-state index in [0.717, 1.165) is 64.2 Å². The zero-order valence-electron chi connectivity index (χ0n) is 48.4. The van der Waals surface area contributed by atoms with Gasteiger partial charge in [0.25, 0.3) is 0 Å². The summed E-state index contributed by atoms with van der Waals surface area (Å²) in [5.41, 5.74) is 0. The van der Waals surface area contributed by atoms with Crippen molar-refractivity contribution in [3.8, 4) is 0 Å². The zero-order chi connectivity index (χ0) is 52.9. The van der Waals surface area contributed by atoms with Gasteiger partial charge in [0.15, 0.2) is 6.10 Å². The normalized spacial score (nSPS) is 12.5. The monoisotopic (exact) mass is 1020 g/mol. The largest absolute Gasteiger partial charge is 0.462 e. The average Bonchev–Trinajstić information content (AvgIpc) is 3.39. The van der Waals surface area contributed by atoms with Crippen molar-refractivity contribution < 1.29 is 28.6 Å². The topological polar surface area (TPSA) is 78.9 Å². The van der Waals surface area contributed by atoms with Gasteiger partial charge in [-0.1, -0.05) is 286 Å². The standard InChI is InChI=1S/C67H118O6/c1-4-7-10-13-16-19-22-25-28-31-33-36-39-42-45-48-51-54-57-60-66(69)72-63-64(62-71-65(68)59-56-53-50-47-44-41-38-35-30-27-24-21-18-15-12-9-6-3)73-67(70)61-58-55-52-49-46-43-40-37-34-32-29-26-23-20-17-14-11-8-5-2/h16,19,25,27-28,30,33,36,42,45,51,54,64H,4-15,17-18,20-24,26,29,31-32,34-35,37-41,43-44,46-50,52-53,55-63H2,1-3H3/b19-16-,28-25-,30-27-,36-33-,45-42-,54-51-/t64-/m0/s1. The van der Waals surface area contributed by atoms with E-state index in [2.05, 4.69) is 87.6 Å². The number of rotatable bonds is 57. The predicted octanol–water partition coefficient (Wildman–Crippen LogP) is 21.3. The Hall–Kier alpha value is -3.15. The van der Waals surface area contributed by atoms with E-state index < -0.39 is 6.10 Å². The van der Waals surface area contributed by atoms with E-state index in [1.54, 1.807) is 0 Å². The third-order valence-electron chi connectivity index (χ3n) is 13.7. The number of esters is 3. The van der Waals surface area contributed by atoms with Gasteiger partial charge in [0.05, 0.1) is 0 Å². The smallest absolute Gasteiger partial charge is 0.306 e. The average molecular weight is 1020 g/mol. The molecular weight excluding hydrogens is 901 g/mol. The molecule has 0 heterocycles. The molecular formula is C67H118O6. The van der Waals surface area contributed by atoms with E-state index in [4.69, 9.17) is 14.2 Å². The maximum Gasteiger partial charge on any atom is 0.306 e. The van der Waals surface area contributed by atoms with Crippen LogP contribution in [0.4, 0.5) is 0 Å². The van der Waals surface area contributed by atoms with Gasteiger partial charge in [0.1, 0.15) is 13.2 Å². The minimum atomic E-state index is -0.806. The molecule has 422 valence electrons. The first-order chi connectivity index (χ1) is 36.0. The molecule has 73 heavy (non-hydrogen) atoms. The Bertz CT molecular complexity index is 1360. The highest BCUT2D eigenvalue weighted by Gasteiger charge is 2.19. The van der Waals surface area contributed by atoms with Crippen molar-refractivity contribution in [2.24, 2.45) is 0 Å². The number of carbonyl (C=O) groups excluding carboxylic acids is 3. The van der Waals surface area contributed by atoms with E-state index in [-0.39, 0.29) is 37.5 Å². The Kier molecular flexibility index (Phi) is 58.7. The maximum absolute atomic E-state index is 12.9. The van der Waals surface area contributed by atoms with Crippen LogP contribution in [0.2, 0.25) is 0 Å². The van der Waals surface area contributed by atoms with Crippen LogP contribution in [0, 0.1) is 0 Å². The van der Waals surface area contributed by atoms with Crippen LogP contribution in [0.5, 0.6) is 0 Å². The molecule has 0 saturated carbocycles. The van der Waals surface area contributed by atoms with E-state index in [1.807, 2.05) is 6.08 Å². The first-order valence-corrected chi connectivity index (χ1v) is 31.4. The molecule has 0 unspecified atom stereocenters. The summed E-state index contributed by atoms with van der Waals surface area (Å²) in [4.78, 5) is 38.3. The molecule has 0 N–H and O–H groups in total. The van der Waals surface area contributed by atoms with Crippen LogP contribution in [0.25, 0.3) is 0 Å². The Labute approximate surface area is 453 Å². The molecule has 0 spiro atoms. The molecule has 0 bridgehead atoms. The Balaban J connectivity index is 4.46. The lowest BCUT2D eigenvalue weighted by atomic mass is 10.0. The van der Waals surface area contributed by atoms with Gasteiger partial charge >= 0.3 is 17.9 Å². The van der Waals surface area contributed by atoms with Gasteiger partial charge in [-0.25, -0.2) is 0 Å². The number of hydrogen-bond donors (Lipinski definition) is 0. The van der Waals surface area contributed by atoms with Crippen LogP contribution in [0.1, 0.15) is 316 Å². The molecule has 6 nitrogen and oxygen atoms in total. The molecule has 0 saturated heterocycles. The molecule has 0 radical (unpaired) electrons. The summed E-state index contributed by atoms with van der Waals surface area (Å²) in [5.74, 6) is -0.972. The van der Waals surface area contributed by atoms with E-state index in [9.17, 15) is 14.4 Å². The number of allylic oxidation sites excluding steroid dienone is 12. The van der Waals surface area contributed by atoms with Crippen molar-refractivity contribution in [1.82, 2.24) is 0 Å². The summed E-state index contributed by atoms with van der Waals surface area (Å²) < 4.78 is 16.9. The van der Waals surface area contributed by atoms with Gasteiger partial charge in [-0.15, -0.1) is 0 Å². The minimum Gasteiger partial charge on any atom is -0.462 e. The lowest BCUT2D eigenvalue weighted by Gasteiger charge is -2.18. The van der Waals surface area contributed by atoms with Crippen molar-refractivity contribution in [2.45, 2.75) is 322 Å². The highest BCUT2D eigenvalue weighted by molar-refractivity contribution is 5.71. The molecule has 0 aliphatic rings. The van der Waals surface area contributed by atoms with E-state index in [1.165, 1.54) is 205 Å². The Morgan fingerprint density at radius 2 is 0.521 bits per heavy atom. The molecule has 0 aromatic carbocycles. The van der Waals surface area contributed by atoms with Crippen molar-refractivity contribution in [3.63, 3.8) is 0 Å². The molecule has 0 fully saturated rings. The number of unbranched alkanes of at least 4 members (excludes halogenated alkanes) is 34. The molecule has 0 aliphatic heterocycles. The first kappa shape index (κ1) is 69.8. The minimum absolute atomic E-state index is 0.0978. The van der Waals surface area contributed by atoms with E-state index >= 15 is 0 Å². The molecule has 0 aromatic heterocycles. The second-order valence-corrected chi connectivity index (χ2v) is 21.0. The molecule has 0 aromatic rings. The van der Waals surface area contributed by atoms with Gasteiger partial charge in [0, 0.05) is 19.3 Å². The van der Waals surface area contributed by atoms with Gasteiger partial charge in [-0.05, 0) is 83.5 Å². The van der Waals surface area contributed by atoms with Crippen LogP contribution in [0.15, 0.2) is 72.9 Å².